The van der Waals surface area contributed by atoms with Crippen LogP contribution in [0.3, 0.4) is 0 Å². The maximum absolute atomic E-state index is 12.7. The third-order valence-electron chi connectivity index (χ3n) is 4.92. The van der Waals surface area contributed by atoms with Crippen LogP contribution in [0.5, 0.6) is 0 Å². The summed E-state index contributed by atoms with van der Waals surface area (Å²) in [4.78, 5) is 31.9. The minimum atomic E-state index is -1.27. The number of ether oxygens (including phenoxy) is 3. The molecule has 2 N–H and O–H groups in total. The molecule has 8 heteroatoms. The molecule has 0 aliphatic carbocycles. The summed E-state index contributed by atoms with van der Waals surface area (Å²) in [5.74, 6) is -1.05. The Balaban J connectivity index is 1.79. The summed E-state index contributed by atoms with van der Waals surface area (Å²) in [5, 5.41) is 2.43. The number of aromatic nitrogens is 2. The summed E-state index contributed by atoms with van der Waals surface area (Å²) in [7, 11) is 0. The van der Waals surface area contributed by atoms with Crippen molar-refractivity contribution >= 4 is 11.8 Å². The van der Waals surface area contributed by atoms with E-state index in [1.54, 1.807) is 0 Å². The number of rotatable bonds is 10. The lowest BCUT2D eigenvalue weighted by Gasteiger charge is -2.32. The summed E-state index contributed by atoms with van der Waals surface area (Å²) in [6, 6.07) is 17.2. The number of hydrogen-bond acceptors (Lipinski definition) is 6. The predicted octanol–water partition coefficient (Wildman–Crippen LogP) is 4.30. The molecule has 0 unspecified atom stereocenters. The molecule has 8 nitrogen and oxygen atoms in total. The molecule has 0 fully saturated rings. The number of benzene rings is 2. The standard InChI is InChI=1S/C25H29N3O5/c1-4-32-25(33-5-2,15-19-13-11-18(3)12-14-19)23-26-16-21(22(29)28-23)27-24(30)31-17-20-9-7-6-8-10-20/h6-14,16H,4-5,15,17H2,1-3H3,(H,27,30)(H,26,28,29). The van der Waals surface area contributed by atoms with Crippen molar-refractivity contribution in [2.75, 3.05) is 18.5 Å². The van der Waals surface area contributed by atoms with Gasteiger partial charge in [0.05, 0.1) is 6.20 Å². The average Bonchev–Trinajstić information content (AvgIpc) is 2.81. The molecule has 3 aromatic rings. The Morgan fingerprint density at radius 2 is 1.67 bits per heavy atom. The van der Waals surface area contributed by atoms with Crippen molar-refractivity contribution in [3.05, 3.63) is 93.7 Å². The van der Waals surface area contributed by atoms with E-state index in [4.69, 9.17) is 14.2 Å². The Morgan fingerprint density at radius 1 is 1.00 bits per heavy atom. The van der Waals surface area contributed by atoms with Crippen LogP contribution < -0.4 is 10.9 Å². The van der Waals surface area contributed by atoms with E-state index in [-0.39, 0.29) is 18.1 Å². The molecule has 0 atom stereocenters. The Kier molecular flexibility index (Phi) is 8.34. The van der Waals surface area contributed by atoms with Crippen LogP contribution in [-0.4, -0.2) is 29.3 Å². The summed E-state index contributed by atoms with van der Waals surface area (Å²) in [6.45, 7) is 6.49. The smallest absolute Gasteiger partial charge is 0.412 e. The first-order chi connectivity index (χ1) is 16.0. The molecule has 174 valence electrons. The number of H-pyrrole nitrogens is 1. The first kappa shape index (κ1) is 24.2. The summed E-state index contributed by atoms with van der Waals surface area (Å²) >= 11 is 0. The highest BCUT2D eigenvalue weighted by Crippen LogP contribution is 2.29. The van der Waals surface area contributed by atoms with Gasteiger partial charge in [0, 0.05) is 19.6 Å². The third-order valence-corrected chi connectivity index (χ3v) is 4.92. The minimum absolute atomic E-state index is 0.0333. The van der Waals surface area contributed by atoms with E-state index in [0.29, 0.717) is 19.6 Å². The zero-order valence-corrected chi connectivity index (χ0v) is 19.1. The Bertz CT molecular complexity index is 1090. The molecule has 0 bridgehead atoms. The Morgan fingerprint density at radius 3 is 2.27 bits per heavy atom. The highest BCUT2D eigenvalue weighted by Gasteiger charge is 2.37. The molecule has 0 aliphatic heterocycles. The van der Waals surface area contributed by atoms with Crippen LogP contribution in [0.15, 0.2) is 65.6 Å². The van der Waals surface area contributed by atoms with Crippen molar-refractivity contribution in [3.63, 3.8) is 0 Å². The average molecular weight is 452 g/mol. The molecule has 0 saturated carbocycles. The van der Waals surface area contributed by atoms with Crippen LogP contribution in [0.1, 0.15) is 36.4 Å². The number of carbonyl (C=O) groups excluding carboxylic acids is 1. The second-order valence-corrected chi connectivity index (χ2v) is 7.44. The van der Waals surface area contributed by atoms with Crippen LogP contribution >= 0.6 is 0 Å². The van der Waals surface area contributed by atoms with E-state index in [1.807, 2.05) is 75.4 Å². The number of aryl methyl sites for hydroxylation is 1. The highest BCUT2D eigenvalue weighted by molar-refractivity contribution is 5.83. The molecular weight excluding hydrogens is 422 g/mol. The van der Waals surface area contributed by atoms with Crippen molar-refractivity contribution in [1.82, 2.24) is 9.97 Å². The van der Waals surface area contributed by atoms with Crippen molar-refractivity contribution < 1.29 is 19.0 Å². The van der Waals surface area contributed by atoms with Gasteiger partial charge >= 0.3 is 6.09 Å². The fourth-order valence-corrected chi connectivity index (χ4v) is 3.35. The van der Waals surface area contributed by atoms with Crippen LogP contribution in [0.25, 0.3) is 0 Å². The molecule has 0 aliphatic rings. The number of nitrogens with one attached hydrogen (secondary N) is 2. The van der Waals surface area contributed by atoms with Crippen LogP contribution in [0, 0.1) is 6.92 Å². The largest absolute Gasteiger partial charge is 0.444 e. The van der Waals surface area contributed by atoms with E-state index in [1.165, 1.54) is 6.20 Å². The maximum Gasteiger partial charge on any atom is 0.412 e. The third kappa shape index (κ3) is 6.50. The van der Waals surface area contributed by atoms with Gasteiger partial charge in [-0.3, -0.25) is 10.1 Å². The molecule has 1 heterocycles. The Labute approximate surface area is 192 Å². The van der Waals surface area contributed by atoms with Gasteiger partial charge in [-0.1, -0.05) is 60.2 Å². The molecular formula is C25H29N3O5. The van der Waals surface area contributed by atoms with Crippen molar-refractivity contribution in [2.45, 2.75) is 39.6 Å². The van der Waals surface area contributed by atoms with Crippen molar-refractivity contribution in [2.24, 2.45) is 0 Å². The molecule has 2 aromatic carbocycles. The van der Waals surface area contributed by atoms with Crippen LogP contribution in [-0.2, 0) is 33.0 Å². The van der Waals surface area contributed by atoms with E-state index in [0.717, 1.165) is 16.7 Å². The quantitative estimate of drug-likeness (QED) is 0.446. The summed E-state index contributed by atoms with van der Waals surface area (Å²) in [6.07, 6.45) is 0.878. The van der Waals surface area contributed by atoms with Gasteiger partial charge in [-0.05, 0) is 31.9 Å². The fourth-order valence-electron chi connectivity index (χ4n) is 3.35. The highest BCUT2D eigenvalue weighted by atomic mass is 16.7. The van der Waals surface area contributed by atoms with Crippen molar-refractivity contribution in [3.8, 4) is 0 Å². The van der Waals surface area contributed by atoms with E-state index >= 15 is 0 Å². The first-order valence-corrected chi connectivity index (χ1v) is 10.9. The Hall–Kier alpha value is -3.49. The molecule has 1 aromatic heterocycles. The lowest BCUT2D eigenvalue weighted by molar-refractivity contribution is -0.247. The monoisotopic (exact) mass is 451 g/mol. The predicted molar refractivity (Wildman–Crippen MR) is 125 cm³/mol. The topological polar surface area (TPSA) is 103 Å². The molecule has 1 amide bonds. The lowest BCUT2D eigenvalue weighted by Crippen LogP contribution is -2.39. The first-order valence-electron chi connectivity index (χ1n) is 10.9. The van der Waals surface area contributed by atoms with Gasteiger partial charge in [-0.25, -0.2) is 9.78 Å². The summed E-state index contributed by atoms with van der Waals surface area (Å²) < 4.78 is 17.1. The summed E-state index contributed by atoms with van der Waals surface area (Å²) in [5.41, 5.74) is 2.37. The van der Waals surface area contributed by atoms with Gasteiger partial charge in [0.1, 0.15) is 12.3 Å². The molecule has 0 saturated heterocycles. The van der Waals surface area contributed by atoms with E-state index in [9.17, 15) is 9.59 Å². The normalized spacial score (nSPS) is 11.2. The van der Waals surface area contributed by atoms with E-state index < -0.39 is 17.4 Å². The number of anilines is 1. The number of aromatic amines is 1. The van der Waals surface area contributed by atoms with Gasteiger partial charge in [0.15, 0.2) is 5.82 Å². The SMILES string of the molecule is CCOC(Cc1ccc(C)cc1)(OCC)c1ncc(NC(=O)OCc2ccccc2)c(=O)[nH]1. The number of nitrogens with zero attached hydrogens (tertiary/aromatic N) is 1. The molecule has 33 heavy (non-hydrogen) atoms. The molecule has 0 spiro atoms. The van der Waals surface area contributed by atoms with Crippen molar-refractivity contribution in [1.29, 1.82) is 0 Å². The maximum atomic E-state index is 12.7. The van der Waals surface area contributed by atoms with Gasteiger partial charge < -0.3 is 19.2 Å². The van der Waals surface area contributed by atoms with Gasteiger partial charge in [0.2, 0.25) is 5.79 Å². The van der Waals surface area contributed by atoms with Gasteiger partial charge in [0.25, 0.3) is 5.56 Å². The molecule has 0 radical (unpaired) electrons. The minimum Gasteiger partial charge on any atom is -0.444 e. The fraction of sp³-hybridized carbons (Fsp3) is 0.320. The second kappa shape index (κ2) is 11.4. The van der Waals surface area contributed by atoms with Crippen LogP contribution in [0.2, 0.25) is 0 Å². The number of hydrogen-bond donors (Lipinski definition) is 2. The molecule has 3 rings (SSSR count). The second-order valence-electron chi connectivity index (χ2n) is 7.44. The number of amides is 1. The lowest BCUT2D eigenvalue weighted by atomic mass is 10.0. The number of carbonyl (C=O) groups is 1. The van der Waals surface area contributed by atoms with E-state index in [2.05, 4.69) is 15.3 Å². The van der Waals surface area contributed by atoms with Gasteiger partial charge in [-0.15, -0.1) is 0 Å². The van der Waals surface area contributed by atoms with Crippen LogP contribution in [0.4, 0.5) is 10.5 Å². The zero-order valence-electron chi connectivity index (χ0n) is 19.1. The zero-order chi connectivity index (χ0) is 23.7. The van der Waals surface area contributed by atoms with Gasteiger partial charge in [-0.2, -0.15) is 0 Å².